The molecule has 4 fully saturated rings. The first-order chi connectivity index (χ1) is 12.6. The molecule has 0 spiro atoms. The predicted octanol–water partition coefficient (Wildman–Crippen LogP) is 1.81. The molecule has 2 aliphatic carbocycles. The molecule has 148 valence electrons. The van der Waals surface area contributed by atoms with Gasteiger partial charge in [-0.25, -0.2) is 0 Å². The van der Waals surface area contributed by atoms with Crippen LogP contribution in [0.5, 0.6) is 0 Å². The lowest BCUT2D eigenvalue weighted by Gasteiger charge is -2.44. The summed E-state index contributed by atoms with van der Waals surface area (Å²) in [4.78, 5) is 18.0. The third kappa shape index (κ3) is 4.10. The zero-order chi connectivity index (χ0) is 18.1. The van der Waals surface area contributed by atoms with Gasteiger partial charge in [0, 0.05) is 37.1 Å². The SMILES string of the molecule is CN1CCC(N2CCC(NC(=O)C3CC4CCCC(C3)C4N)CC2)CC1. The third-order valence-corrected chi connectivity index (χ3v) is 7.86. The number of carbonyl (C=O) groups excluding carboxylic acids is 1. The van der Waals surface area contributed by atoms with Crippen molar-refractivity contribution in [2.24, 2.45) is 23.5 Å². The van der Waals surface area contributed by atoms with E-state index in [1.165, 1.54) is 45.2 Å². The van der Waals surface area contributed by atoms with Crippen molar-refractivity contribution in [2.75, 3.05) is 33.2 Å². The Balaban J connectivity index is 1.22. The third-order valence-electron chi connectivity index (χ3n) is 7.86. The average Bonchev–Trinajstić information content (AvgIpc) is 2.63. The zero-order valence-electron chi connectivity index (χ0n) is 16.5. The summed E-state index contributed by atoms with van der Waals surface area (Å²) in [6, 6.07) is 1.51. The highest BCUT2D eigenvalue weighted by Gasteiger charge is 2.41. The molecule has 3 N–H and O–H groups in total. The zero-order valence-corrected chi connectivity index (χ0v) is 16.5. The molecule has 4 aliphatic rings. The Kier molecular flexibility index (Phi) is 5.87. The molecule has 2 saturated carbocycles. The molecule has 1 amide bonds. The minimum absolute atomic E-state index is 0.219. The van der Waals surface area contributed by atoms with Crippen molar-refractivity contribution in [2.45, 2.75) is 75.9 Å². The van der Waals surface area contributed by atoms with E-state index in [0.29, 0.717) is 29.8 Å². The summed E-state index contributed by atoms with van der Waals surface area (Å²) in [6.07, 6.45) is 10.7. The van der Waals surface area contributed by atoms with E-state index in [1.807, 2.05) is 0 Å². The van der Waals surface area contributed by atoms with Gasteiger partial charge in [-0.05, 0) is 83.3 Å². The van der Waals surface area contributed by atoms with Crippen LogP contribution in [0.2, 0.25) is 0 Å². The van der Waals surface area contributed by atoms with Crippen LogP contribution in [0, 0.1) is 17.8 Å². The van der Waals surface area contributed by atoms with Crippen molar-refractivity contribution in [3.63, 3.8) is 0 Å². The summed E-state index contributed by atoms with van der Waals surface area (Å²) in [5.41, 5.74) is 6.39. The van der Waals surface area contributed by atoms with Crippen LogP contribution < -0.4 is 11.1 Å². The second-order valence-corrected chi connectivity index (χ2v) is 9.55. The quantitative estimate of drug-likeness (QED) is 0.804. The van der Waals surface area contributed by atoms with Crippen molar-refractivity contribution < 1.29 is 4.79 Å². The molecule has 0 aromatic rings. The van der Waals surface area contributed by atoms with E-state index in [2.05, 4.69) is 22.2 Å². The molecule has 2 bridgehead atoms. The number of piperidine rings is 2. The van der Waals surface area contributed by atoms with E-state index in [4.69, 9.17) is 5.73 Å². The largest absolute Gasteiger partial charge is 0.353 e. The highest BCUT2D eigenvalue weighted by molar-refractivity contribution is 5.79. The maximum atomic E-state index is 12.9. The van der Waals surface area contributed by atoms with Crippen LogP contribution in [-0.2, 0) is 4.79 Å². The highest BCUT2D eigenvalue weighted by Crippen LogP contribution is 2.42. The summed E-state index contributed by atoms with van der Waals surface area (Å²) >= 11 is 0. The number of nitrogens with one attached hydrogen (secondary N) is 1. The van der Waals surface area contributed by atoms with Crippen LogP contribution in [0.4, 0.5) is 0 Å². The van der Waals surface area contributed by atoms with E-state index in [0.717, 1.165) is 44.8 Å². The average molecular weight is 363 g/mol. The number of hydrogen-bond donors (Lipinski definition) is 2. The van der Waals surface area contributed by atoms with Crippen molar-refractivity contribution in [1.29, 1.82) is 0 Å². The standard InChI is InChI=1S/C21H38N4O/c1-24-9-7-19(8-10-24)25-11-5-18(6-12-25)23-21(26)17-13-15-3-2-4-16(14-17)20(15)22/h15-20H,2-14,22H2,1H3,(H,23,26). The number of hydrogen-bond acceptors (Lipinski definition) is 4. The lowest BCUT2D eigenvalue weighted by atomic mass is 9.65. The molecule has 26 heavy (non-hydrogen) atoms. The number of nitrogens with two attached hydrogens (primary N) is 1. The fourth-order valence-corrected chi connectivity index (χ4v) is 6.09. The van der Waals surface area contributed by atoms with Crippen LogP contribution in [0.1, 0.15) is 57.8 Å². The maximum absolute atomic E-state index is 12.9. The van der Waals surface area contributed by atoms with Gasteiger partial charge in [0.15, 0.2) is 0 Å². The van der Waals surface area contributed by atoms with E-state index in [-0.39, 0.29) is 5.92 Å². The van der Waals surface area contributed by atoms with Crippen LogP contribution in [-0.4, -0.2) is 67.1 Å². The molecular formula is C21H38N4O. The maximum Gasteiger partial charge on any atom is 0.223 e. The second kappa shape index (κ2) is 8.15. The van der Waals surface area contributed by atoms with Gasteiger partial charge in [0.25, 0.3) is 0 Å². The predicted molar refractivity (Wildman–Crippen MR) is 105 cm³/mol. The number of amides is 1. The smallest absolute Gasteiger partial charge is 0.223 e. The first-order valence-corrected chi connectivity index (χ1v) is 11.1. The number of fused-ring (bicyclic) bond motifs is 2. The van der Waals surface area contributed by atoms with Gasteiger partial charge < -0.3 is 20.9 Å². The van der Waals surface area contributed by atoms with E-state index >= 15 is 0 Å². The first kappa shape index (κ1) is 18.7. The number of rotatable bonds is 3. The molecule has 4 rings (SSSR count). The van der Waals surface area contributed by atoms with E-state index in [1.54, 1.807) is 0 Å². The molecule has 2 heterocycles. The molecule has 2 aliphatic heterocycles. The molecular weight excluding hydrogens is 324 g/mol. The number of nitrogens with zero attached hydrogens (tertiary/aromatic N) is 2. The Labute approximate surface area is 159 Å². The second-order valence-electron chi connectivity index (χ2n) is 9.55. The summed E-state index contributed by atoms with van der Waals surface area (Å²) < 4.78 is 0. The van der Waals surface area contributed by atoms with Gasteiger partial charge in [-0.1, -0.05) is 6.42 Å². The molecule has 5 nitrogen and oxygen atoms in total. The Morgan fingerprint density at radius 1 is 0.923 bits per heavy atom. The molecule has 0 radical (unpaired) electrons. The van der Waals surface area contributed by atoms with Crippen LogP contribution in [0.3, 0.4) is 0 Å². The summed E-state index contributed by atoms with van der Waals surface area (Å²) in [7, 11) is 2.23. The Morgan fingerprint density at radius 2 is 1.54 bits per heavy atom. The summed E-state index contributed by atoms with van der Waals surface area (Å²) in [6.45, 7) is 4.77. The fraction of sp³-hybridized carbons (Fsp3) is 0.952. The van der Waals surface area contributed by atoms with Gasteiger partial charge in [0.2, 0.25) is 5.91 Å². The molecule has 2 atom stereocenters. The molecule has 2 saturated heterocycles. The molecule has 0 aromatic carbocycles. The minimum Gasteiger partial charge on any atom is -0.353 e. The normalized spacial score (nSPS) is 38.2. The minimum atomic E-state index is 0.219. The van der Waals surface area contributed by atoms with Gasteiger partial charge in [-0.3, -0.25) is 4.79 Å². The monoisotopic (exact) mass is 362 g/mol. The topological polar surface area (TPSA) is 61.6 Å². The number of carbonyl (C=O) groups is 1. The van der Waals surface area contributed by atoms with Crippen molar-refractivity contribution in [3.8, 4) is 0 Å². The van der Waals surface area contributed by atoms with Crippen molar-refractivity contribution >= 4 is 5.91 Å². The van der Waals surface area contributed by atoms with E-state index in [9.17, 15) is 4.79 Å². The summed E-state index contributed by atoms with van der Waals surface area (Å²) in [5, 5.41) is 3.41. The van der Waals surface area contributed by atoms with Crippen LogP contribution in [0.15, 0.2) is 0 Å². The van der Waals surface area contributed by atoms with Gasteiger partial charge in [0.1, 0.15) is 0 Å². The fourth-order valence-electron chi connectivity index (χ4n) is 6.09. The lowest BCUT2D eigenvalue weighted by molar-refractivity contribution is -0.129. The van der Waals surface area contributed by atoms with Crippen LogP contribution in [0.25, 0.3) is 0 Å². The summed E-state index contributed by atoms with van der Waals surface area (Å²) in [5.74, 6) is 1.72. The van der Waals surface area contributed by atoms with Crippen molar-refractivity contribution in [3.05, 3.63) is 0 Å². The molecule has 2 unspecified atom stereocenters. The Bertz CT molecular complexity index is 468. The highest BCUT2D eigenvalue weighted by atomic mass is 16.1. The first-order valence-electron chi connectivity index (χ1n) is 11.1. The van der Waals surface area contributed by atoms with Gasteiger partial charge in [-0.2, -0.15) is 0 Å². The van der Waals surface area contributed by atoms with Gasteiger partial charge in [-0.15, -0.1) is 0 Å². The van der Waals surface area contributed by atoms with Gasteiger partial charge >= 0.3 is 0 Å². The van der Waals surface area contributed by atoms with Gasteiger partial charge in [0.05, 0.1) is 0 Å². The Hall–Kier alpha value is -0.650. The Morgan fingerprint density at radius 3 is 2.15 bits per heavy atom. The van der Waals surface area contributed by atoms with Crippen LogP contribution >= 0.6 is 0 Å². The van der Waals surface area contributed by atoms with E-state index < -0.39 is 0 Å². The molecule has 5 heteroatoms. The number of likely N-dealkylation sites (tertiary alicyclic amines) is 2. The molecule has 0 aromatic heterocycles. The van der Waals surface area contributed by atoms with Crippen molar-refractivity contribution in [1.82, 2.24) is 15.1 Å². The lowest BCUT2D eigenvalue weighted by Crippen LogP contribution is -2.53.